The SMILES string of the molecule is CCCC/C(CCC)=C(\C=C\c1ccccn1)COCOC. The van der Waals surface area contributed by atoms with Gasteiger partial charge in [0.05, 0.1) is 12.3 Å². The minimum absolute atomic E-state index is 0.327. The first-order chi connectivity index (χ1) is 10.8. The van der Waals surface area contributed by atoms with Crippen LogP contribution in [0.1, 0.15) is 51.6 Å². The van der Waals surface area contributed by atoms with Gasteiger partial charge in [-0.1, -0.05) is 44.4 Å². The highest BCUT2D eigenvalue weighted by Gasteiger charge is 2.05. The first kappa shape index (κ1) is 18.6. The molecule has 0 fully saturated rings. The second-order valence-corrected chi connectivity index (χ2v) is 5.33. The molecule has 0 aromatic carbocycles. The van der Waals surface area contributed by atoms with Crippen molar-refractivity contribution in [3.8, 4) is 0 Å². The van der Waals surface area contributed by atoms with Gasteiger partial charge in [0.15, 0.2) is 0 Å². The van der Waals surface area contributed by atoms with Crippen LogP contribution in [-0.4, -0.2) is 25.5 Å². The Kier molecular flexibility index (Phi) is 10.3. The van der Waals surface area contributed by atoms with Crippen LogP contribution in [0.4, 0.5) is 0 Å². The maximum Gasteiger partial charge on any atom is 0.146 e. The predicted octanol–water partition coefficient (Wildman–Crippen LogP) is 5.00. The summed E-state index contributed by atoms with van der Waals surface area (Å²) >= 11 is 0. The Bertz CT molecular complexity index is 452. The van der Waals surface area contributed by atoms with E-state index in [1.165, 1.54) is 24.0 Å². The fraction of sp³-hybridized carbons (Fsp3) is 0.526. The molecule has 1 heterocycles. The van der Waals surface area contributed by atoms with Crippen LogP contribution in [0.2, 0.25) is 0 Å². The van der Waals surface area contributed by atoms with Crippen molar-refractivity contribution in [2.24, 2.45) is 0 Å². The first-order valence-electron chi connectivity index (χ1n) is 8.18. The van der Waals surface area contributed by atoms with Gasteiger partial charge in [-0.2, -0.15) is 0 Å². The molecule has 1 aromatic rings. The Labute approximate surface area is 135 Å². The average Bonchev–Trinajstić information content (AvgIpc) is 2.56. The zero-order valence-electron chi connectivity index (χ0n) is 14.2. The second-order valence-electron chi connectivity index (χ2n) is 5.33. The van der Waals surface area contributed by atoms with E-state index in [1.807, 2.05) is 24.4 Å². The fourth-order valence-corrected chi connectivity index (χ4v) is 2.30. The molecule has 1 rings (SSSR count). The van der Waals surface area contributed by atoms with E-state index in [2.05, 4.69) is 31.0 Å². The lowest BCUT2D eigenvalue weighted by atomic mass is 9.98. The molecule has 22 heavy (non-hydrogen) atoms. The van der Waals surface area contributed by atoms with Crippen LogP contribution in [0.5, 0.6) is 0 Å². The summed E-state index contributed by atoms with van der Waals surface area (Å²) in [5.74, 6) is 0. The average molecular weight is 303 g/mol. The highest BCUT2D eigenvalue weighted by Crippen LogP contribution is 2.20. The molecular weight excluding hydrogens is 274 g/mol. The van der Waals surface area contributed by atoms with E-state index in [0.29, 0.717) is 13.4 Å². The topological polar surface area (TPSA) is 31.4 Å². The molecule has 0 amide bonds. The van der Waals surface area contributed by atoms with Gasteiger partial charge in [-0.05, 0) is 43.0 Å². The van der Waals surface area contributed by atoms with Crippen molar-refractivity contribution in [3.05, 3.63) is 47.3 Å². The number of hydrogen-bond acceptors (Lipinski definition) is 3. The molecule has 0 radical (unpaired) electrons. The van der Waals surface area contributed by atoms with Crippen LogP contribution >= 0.6 is 0 Å². The summed E-state index contributed by atoms with van der Waals surface area (Å²) in [6, 6.07) is 5.94. The van der Waals surface area contributed by atoms with Crippen LogP contribution in [0.25, 0.3) is 6.08 Å². The lowest BCUT2D eigenvalue weighted by Crippen LogP contribution is -2.03. The third-order valence-electron chi connectivity index (χ3n) is 3.44. The van der Waals surface area contributed by atoms with E-state index >= 15 is 0 Å². The Balaban J connectivity index is 2.89. The summed E-state index contributed by atoms with van der Waals surface area (Å²) in [5, 5.41) is 0. The van der Waals surface area contributed by atoms with Crippen molar-refractivity contribution >= 4 is 6.08 Å². The Morgan fingerprint density at radius 1 is 1.18 bits per heavy atom. The molecule has 0 aliphatic rings. The van der Waals surface area contributed by atoms with Gasteiger partial charge in [0.25, 0.3) is 0 Å². The first-order valence-corrected chi connectivity index (χ1v) is 8.18. The molecule has 1 aromatic heterocycles. The zero-order valence-corrected chi connectivity index (χ0v) is 14.2. The van der Waals surface area contributed by atoms with Gasteiger partial charge in [-0.25, -0.2) is 0 Å². The molecule has 0 aliphatic heterocycles. The molecule has 0 N–H and O–H groups in total. The standard InChI is InChI=1S/C19H29NO2/c1-4-6-10-17(9-5-2)18(15-22-16-21-3)12-13-19-11-7-8-14-20-19/h7-8,11-14H,4-6,9-10,15-16H2,1-3H3/b13-12+,18-17+. The van der Waals surface area contributed by atoms with Crippen LogP contribution in [0.15, 0.2) is 41.6 Å². The number of aromatic nitrogens is 1. The second kappa shape index (κ2) is 12.1. The number of unbranched alkanes of at least 4 members (excludes halogenated alkanes) is 1. The maximum absolute atomic E-state index is 5.59. The number of rotatable bonds is 11. The third kappa shape index (κ3) is 7.53. The van der Waals surface area contributed by atoms with Gasteiger partial charge in [-0.15, -0.1) is 0 Å². The third-order valence-corrected chi connectivity index (χ3v) is 3.44. The molecule has 0 saturated heterocycles. The molecule has 0 atom stereocenters. The largest absolute Gasteiger partial charge is 0.359 e. The number of nitrogens with zero attached hydrogens (tertiary/aromatic N) is 1. The van der Waals surface area contributed by atoms with Gasteiger partial charge in [0.2, 0.25) is 0 Å². The number of allylic oxidation sites excluding steroid dienone is 1. The van der Waals surface area contributed by atoms with Crippen molar-refractivity contribution in [1.29, 1.82) is 0 Å². The number of hydrogen-bond donors (Lipinski definition) is 0. The van der Waals surface area contributed by atoms with E-state index in [-0.39, 0.29) is 0 Å². The minimum Gasteiger partial charge on any atom is -0.359 e. The van der Waals surface area contributed by atoms with Crippen molar-refractivity contribution in [2.75, 3.05) is 20.5 Å². The van der Waals surface area contributed by atoms with Crippen LogP contribution in [0.3, 0.4) is 0 Å². The quantitative estimate of drug-likeness (QED) is 0.327. The molecule has 0 bridgehead atoms. The minimum atomic E-state index is 0.327. The van der Waals surface area contributed by atoms with Gasteiger partial charge >= 0.3 is 0 Å². The Morgan fingerprint density at radius 3 is 2.68 bits per heavy atom. The van der Waals surface area contributed by atoms with Crippen LogP contribution in [-0.2, 0) is 9.47 Å². The van der Waals surface area contributed by atoms with E-state index in [1.54, 1.807) is 7.11 Å². The van der Waals surface area contributed by atoms with Gasteiger partial charge in [0.1, 0.15) is 6.79 Å². The lowest BCUT2D eigenvalue weighted by molar-refractivity contribution is -0.0206. The Hall–Kier alpha value is -1.45. The van der Waals surface area contributed by atoms with Crippen molar-refractivity contribution < 1.29 is 9.47 Å². The molecule has 3 nitrogen and oxygen atoms in total. The van der Waals surface area contributed by atoms with Gasteiger partial charge in [0, 0.05) is 13.3 Å². The molecule has 122 valence electrons. The predicted molar refractivity (Wildman–Crippen MR) is 92.6 cm³/mol. The number of pyridine rings is 1. The van der Waals surface area contributed by atoms with Gasteiger partial charge in [-0.3, -0.25) is 4.98 Å². The summed E-state index contributed by atoms with van der Waals surface area (Å²) in [7, 11) is 1.65. The van der Waals surface area contributed by atoms with E-state index in [9.17, 15) is 0 Å². The van der Waals surface area contributed by atoms with E-state index in [0.717, 1.165) is 25.0 Å². The summed E-state index contributed by atoms with van der Waals surface area (Å²) in [6.07, 6.45) is 11.9. The number of ether oxygens (including phenoxy) is 2. The lowest BCUT2D eigenvalue weighted by Gasteiger charge is -2.13. The zero-order chi connectivity index (χ0) is 16.0. The Morgan fingerprint density at radius 2 is 2.05 bits per heavy atom. The molecule has 0 aliphatic carbocycles. The molecule has 0 spiro atoms. The smallest absolute Gasteiger partial charge is 0.146 e. The van der Waals surface area contributed by atoms with Crippen LogP contribution < -0.4 is 0 Å². The van der Waals surface area contributed by atoms with Crippen molar-refractivity contribution in [3.63, 3.8) is 0 Å². The van der Waals surface area contributed by atoms with E-state index < -0.39 is 0 Å². The highest BCUT2D eigenvalue weighted by atomic mass is 16.7. The summed E-state index contributed by atoms with van der Waals surface area (Å²) in [6.45, 7) is 5.38. The highest BCUT2D eigenvalue weighted by molar-refractivity contribution is 5.50. The van der Waals surface area contributed by atoms with Crippen molar-refractivity contribution in [1.82, 2.24) is 4.98 Å². The normalized spacial score (nSPS) is 12.7. The summed E-state index contributed by atoms with van der Waals surface area (Å²) < 4.78 is 10.6. The summed E-state index contributed by atoms with van der Waals surface area (Å²) in [4.78, 5) is 4.34. The van der Waals surface area contributed by atoms with Gasteiger partial charge < -0.3 is 9.47 Å². The monoisotopic (exact) mass is 303 g/mol. The van der Waals surface area contributed by atoms with E-state index in [4.69, 9.17) is 9.47 Å². The molecule has 0 saturated carbocycles. The fourth-order valence-electron chi connectivity index (χ4n) is 2.30. The number of methoxy groups -OCH3 is 1. The van der Waals surface area contributed by atoms with Crippen LogP contribution in [0, 0.1) is 0 Å². The maximum atomic E-state index is 5.59. The van der Waals surface area contributed by atoms with Crippen molar-refractivity contribution in [2.45, 2.75) is 46.0 Å². The summed E-state index contributed by atoms with van der Waals surface area (Å²) in [5.41, 5.74) is 3.73. The molecule has 3 heteroatoms. The molecule has 0 unspecified atom stereocenters. The molecular formula is C19H29NO2.